The van der Waals surface area contributed by atoms with Crippen LogP contribution in [-0.4, -0.2) is 24.0 Å². The van der Waals surface area contributed by atoms with Crippen LogP contribution < -0.4 is 19.5 Å². The monoisotopic (exact) mass is 454 g/mol. The molecule has 9 nitrogen and oxygen atoms in total. The minimum Gasteiger partial charge on any atom is -0.490 e. The van der Waals surface area contributed by atoms with Crippen molar-refractivity contribution in [1.82, 2.24) is 5.32 Å². The van der Waals surface area contributed by atoms with Crippen LogP contribution in [0.25, 0.3) is 0 Å². The van der Waals surface area contributed by atoms with Crippen molar-refractivity contribution in [3.63, 3.8) is 0 Å². The van der Waals surface area contributed by atoms with E-state index in [1.165, 1.54) is 12.1 Å². The number of rotatable bonds is 11. The lowest BCUT2D eigenvalue weighted by Crippen LogP contribution is -2.22. The van der Waals surface area contributed by atoms with Crippen LogP contribution in [0.1, 0.15) is 41.3 Å². The lowest BCUT2D eigenvalue weighted by molar-refractivity contribution is -0.385. The largest absolute Gasteiger partial charge is 0.490 e. The van der Waals surface area contributed by atoms with Gasteiger partial charge in [-0.2, -0.15) is 0 Å². The number of carbonyl (C=O) groups is 1. The molecule has 2 aromatic carbocycles. The Balaban J connectivity index is 1.56. The number of hydrogen-bond donors (Lipinski definition) is 1. The number of nitrogens with one attached hydrogen (secondary N) is 1. The molecule has 0 unspecified atom stereocenters. The first-order chi connectivity index (χ1) is 15.9. The van der Waals surface area contributed by atoms with E-state index >= 15 is 0 Å². The van der Waals surface area contributed by atoms with Gasteiger partial charge in [0.2, 0.25) is 0 Å². The van der Waals surface area contributed by atoms with Gasteiger partial charge in [-0.15, -0.1) is 0 Å². The second-order valence-electron chi connectivity index (χ2n) is 7.09. The molecule has 0 aliphatic carbocycles. The number of benzene rings is 2. The van der Waals surface area contributed by atoms with E-state index in [4.69, 9.17) is 18.6 Å². The van der Waals surface area contributed by atoms with E-state index in [2.05, 4.69) is 5.32 Å². The number of carbonyl (C=O) groups excluding carboxylic acids is 1. The highest BCUT2D eigenvalue weighted by Gasteiger charge is 2.14. The van der Waals surface area contributed by atoms with Gasteiger partial charge in [-0.3, -0.25) is 14.9 Å². The first-order valence-electron chi connectivity index (χ1n) is 10.5. The van der Waals surface area contributed by atoms with Crippen molar-refractivity contribution in [2.75, 3.05) is 13.2 Å². The van der Waals surface area contributed by atoms with Crippen molar-refractivity contribution in [3.05, 3.63) is 81.3 Å². The molecule has 1 amide bonds. The van der Waals surface area contributed by atoms with Gasteiger partial charge in [-0.25, -0.2) is 0 Å². The molecule has 0 spiro atoms. The van der Waals surface area contributed by atoms with Gasteiger partial charge in [-0.05, 0) is 62.7 Å². The molecule has 0 bridgehead atoms. The number of nitrogens with zero attached hydrogens (tertiary/aromatic N) is 1. The Hall–Kier alpha value is -4.01. The Labute approximate surface area is 191 Å². The number of aryl methyl sites for hydroxylation is 1. The van der Waals surface area contributed by atoms with Crippen molar-refractivity contribution in [2.45, 2.75) is 33.9 Å². The number of amides is 1. The second kappa shape index (κ2) is 11.0. The van der Waals surface area contributed by atoms with Crippen molar-refractivity contribution >= 4 is 11.6 Å². The first kappa shape index (κ1) is 23.6. The van der Waals surface area contributed by atoms with Gasteiger partial charge in [0.05, 0.1) is 18.1 Å². The highest BCUT2D eigenvalue weighted by atomic mass is 16.6. The summed E-state index contributed by atoms with van der Waals surface area (Å²) in [5, 5.41) is 13.7. The van der Waals surface area contributed by atoms with Crippen LogP contribution >= 0.6 is 0 Å². The molecule has 9 heteroatoms. The van der Waals surface area contributed by atoms with E-state index < -0.39 is 4.92 Å². The average molecular weight is 454 g/mol. The molecule has 1 N–H and O–H groups in total. The van der Waals surface area contributed by atoms with Crippen LogP contribution in [0.2, 0.25) is 0 Å². The first-order valence-corrected chi connectivity index (χ1v) is 10.5. The number of nitro benzene ring substituents is 1. The zero-order chi connectivity index (χ0) is 23.8. The van der Waals surface area contributed by atoms with E-state index in [1.807, 2.05) is 32.0 Å². The summed E-state index contributed by atoms with van der Waals surface area (Å²) in [7, 11) is 0. The molecule has 0 aliphatic rings. The summed E-state index contributed by atoms with van der Waals surface area (Å²) in [6.45, 7) is 6.85. The third kappa shape index (κ3) is 6.25. The van der Waals surface area contributed by atoms with Crippen LogP contribution in [0.3, 0.4) is 0 Å². The highest BCUT2D eigenvalue weighted by Crippen LogP contribution is 2.28. The predicted octanol–water partition coefficient (Wildman–Crippen LogP) is 4.80. The molecule has 1 aromatic heterocycles. The smallest absolute Gasteiger partial charge is 0.287 e. The van der Waals surface area contributed by atoms with E-state index in [9.17, 15) is 14.9 Å². The Morgan fingerprint density at radius 1 is 1.00 bits per heavy atom. The van der Waals surface area contributed by atoms with Crippen LogP contribution in [-0.2, 0) is 13.2 Å². The average Bonchev–Trinajstić information content (AvgIpc) is 3.27. The van der Waals surface area contributed by atoms with Gasteiger partial charge in [0.15, 0.2) is 17.3 Å². The Bertz CT molecular complexity index is 1120. The maximum atomic E-state index is 12.5. The maximum Gasteiger partial charge on any atom is 0.287 e. The second-order valence-corrected chi connectivity index (χ2v) is 7.09. The molecule has 174 valence electrons. The SMILES string of the molecule is CCOc1ccc(CNC(=O)c2ccc(COc3ccc([N+](=O)[O-])c(C)c3)o2)cc1OCC. The summed E-state index contributed by atoms with van der Waals surface area (Å²) in [4.78, 5) is 22.9. The topological polar surface area (TPSA) is 113 Å². The fourth-order valence-electron chi connectivity index (χ4n) is 3.13. The van der Waals surface area contributed by atoms with Gasteiger partial charge >= 0.3 is 0 Å². The normalized spacial score (nSPS) is 10.5. The molecule has 3 rings (SSSR count). The van der Waals surface area contributed by atoms with Crippen molar-refractivity contribution in [2.24, 2.45) is 0 Å². The Morgan fingerprint density at radius 3 is 2.45 bits per heavy atom. The Morgan fingerprint density at radius 2 is 1.76 bits per heavy atom. The van der Waals surface area contributed by atoms with Gasteiger partial charge in [-0.1, -0.05) is 6.07 Å². The number of ether oxygens (including phenoxy) is 3. The van der Waals surface area contributed by atoms with Crippen molar-refractivity contribution < 1.29 is 28.3 Å². The van der Waals surface area contributed by atoms with E-state index in [1.54, 1.807) is 25.1 Å². The molecule has 0 radical (unpaired) electrons. The lowest BCUT2D eigenvalue weighted by atomic mass is 10.2. The van der Waals surface area contributed by atoms with Gasteiger partial charge < -0.3 is 23.9 Å². The lowest BCUT2D eigenvalue weighted by Gasteiger charge is -2.12. The zero-order valence-corrected chi connectivity index (χ0v) is 18.8. The predicted molar refractivity (Wildman–Crippen MR) is 121 cm³/mol. The molecule has 0 saturated carbocycles. The summed E-state index contributed by atoms with van der Waals surface area (Å²) < 4.78 is 22.4. The summed E-state index contributed by atoms with van der Waals surface area (Å²) in [6.07, 6.45) is 0. The summed E-state index contributed by atoms with van der Waals surface area (Å²) in [5.41, 5.74) is 1.39. The number of furan rings is 1. The fraction of sp³-hybridized carbons (Fsp3) is 0.292. The molecule has 0 fully saturated rings. The molecule has 1 heterocycles. The molecule has 0 aliphatic heterocycles. The van der Waals surface area contributed by atoms with E-state index in [0.29, 0.717) is 48.3 Å². The summed E-state index contributed by atoms with van der Waals surface area (Å²) >= 11 is 0. The third-order valence-corrected chi connectivity index (χ3v) is 4.69. The van der Waals surface area contributed by atoms with E-state index in [0.717, 1.165) is 5.56 Å². The van der Waals surface area contributed by atoms with Gasteiger partial charge in [0.25, 0.3) is 11.6 Å². The van der Waals surface area contributed by atoms with Crippen molar-refractivity contribution in [3.8, 4) is 17.2 Å². The number of hydrogen-bond acceptors (Lipinski definition) is 7. The molecule has 0 atom stereocenters. The van der Waals surface area contributed by atoms with Crippen LogP contribution in [0.15, 0.2) is 52.9 Å². The Kier molecular flexibility index (Phi) is 7.91. The zero-order valence-electron chi connectivity index (χ0n) is 18.8. The molecule has 3 aromatic rings. The summed E-state index contributed by atoms with van der Waals surface area (Å²) in [6, 6.07) is 13.2. The molecule has 0 saturated heterocycles. The molecule has 33 heavy (non-hydrogen) atoms. The van der Waals surface area contributed by atoms with Gasteiger partial charge in [0.1, 0.15) is 18.1 Å². The molecular weight excluding hydrogens is 428 g/mol. The fourth-order valence-corrected chi connectivity index (χ4v) is 3.13. The standard InChI is InChI=1S/C24H26N2O7/c1-4-30-21-10-6-17(13-23(21)31-5-2)14-25-24(27)22-11-8-19(33-22)15-32-18-7-9-20(26(28)29)16(3)12-18/h6-13H,4-5,14-15H2,1-3H3,(H,25,27). The minimum absolute atomic E-state index is 0.0280. The minimum atomic E-state index is -0.443. The van der Waals surface area contributed by atoms with E-state index in [-0.39, 0.29) is 24.0 Å². The highest BCUT2D eigenvalue weighted by molar-refractivity contribution is 5.91. The van der Waals surface area contributed by atoms with Gasteiger partial charge in [0, 0.05) is 18.2 Å². The van der Waals surface area contributed by atoms with Crippen molar-refractivity contribution in [1.29, 1.82) is 0 Å². The van der Waals surface area contributed by atoms with Crippen LogP contribution in [0, 0.1) is 17.0 Å². The van der Waals surface area contributed by atoms with Crippen LogP contribution in [0.4, 0.5) is 5.69 Å². The maximum absolute atomic E-state index is 12.5. The third-order valence-electron chi connectivity index (χ3n) is 4.69. The van der Waals surface area contributed by atoms with Crippen LogP contribution in [0.5, 0.6) is 17.2 Å². The quantitative estimate of drug-likeness (QED) is 0.327. The number of nitro groups is 1. The molecular formula is C24H26N2O7. The summed E-state index contributed by atoms with van der Waals surface area (Å²) in [5.74, 6) is 2.01.